The first-order chi connectivity index (χ1) is 8.99. The molecule has 0 N–H and O–H groups in total. The molecule has 0 spiro atoms. The lowest BCUT2D eigenvalue weighted by atomic mass is 10.1. The van der Waals surface area contributed by atoms with E-state index in [1.807, 2.05) is 26.0 Å². The van der Waals surface area contributed by atoms with Gasteiger partial charge < -0.3 is 0 Å². The van der Waals surface area contributed by atoms with Gasteiger partial charge in [0, 0.05) is 15.3 Å². The van der Waals surface area contributed by atoms with Crippen LogP contribution in [0.2, 0.25) is 10.0 Å². The Kier molecular flexibility index (Phi) is 4.46. The smallest absolute Gasteiger partial charge is 0.186 e. The predicted molar refractivity (Wildman–Crippen MR) is 83.6 cm³/mol. The van der Waals surface area contributed by atoms with E-state index in [4.69, 9.17) is 23.2 Å². The monoisotopic (exact) mass is 310 g/mol. The number of hydrogen-bond donors (Lipinski definition) is 0. The van der Waals surface area contributed by atoms with Crippen molar-refractivity contribution in [3.8, 4) is 0 Å². The molecule has 0 aliphatic rings. The van der Waals surface area contributed by atoms with E-state index in [0.717, 1.165) is 20.9 Å². The summed E-state index contributed by atoms with van der Waals surface area (Å²) in [6.07, 6.45) is 3.23. The van der Waals surface area contributed by atoms with Gasteiger partial charge in [0.1, 0.15) is 0 Å². The number of ketones is 1. The lowest BCUT2D eigenvalue weighted by Crippen LogP contribution is -1.93. The quantitative estimate of drug-likeness (QED) is 0.535. The van der Waals surface area contributed by atoms with Crippen molar-refractivity contribution in [2.45, 2.75) is 13.8 Å². The molecule has 1 heterocycles. The van der Waals surface area contributed by atoms with Crippen molar-refractivity contribution in [2.75, 3.05) is 0 Å². The second-order valence-corrected chi connectivity index (χ2v) is 6.41. The Morgan fingerprint density at radius 1 is 1.26 bits per heavy atom. The minimum atomic E-state index is -0.0158. The van der Waals surface area contributed by atoms with Crippen LogP contribution in [-0.4, -0.2) is 5.78 Å². The van der Waals surface area contributed by atoms with Crippen LogP contribution in [0, 0.1) is 13.8 Å². The van der Waals surface area contributed by atoms with E-state index in [2.05, 4.69) is 0 Å². The molecule has 0 saturated heterocycles. The average molecular weight is 311 g/mol. The molecule has 4 heteroatoms. The number of thiophene rings is 1. The summed E-state index contributed by atoms with van der Waals surface area (Å²) >= 11 is 13.6. The van der Waals surface area contributed by atoms with Gasteiger partial charge in [0.05, 0.1) is 10.0 Å². The third kappa shape index (κ3) is 3.27. The SMILES string of the molecule is Cc1cc(C(=O)/C=C/c2cccc(Cl)c2Cl)c(C)s1. The Labute approximate surface area is 126 Å². The Bertz CT molecular complexity index is 656. The first kappa shape index (κ1) is 14.3. The maximum absolute atomic E-state index is 12.1. The summed E-state index contributed by atoms with van der Waals surface area (Å²) in [6, 6.07) is 7.25. The van der Waals surface area contributed by atoms with Crippen molar-refractivity contribution < 1.29 is 4.79 Å². The average Bonchev–Trinajstić information content (AvgIpc) is 2.70. The highest BCUT2D eigenvalue weighted by Crippen LogP contribution is 2.27. The van der Waals surface area contributed by atoms with Crippen LogP contribution in [0.5, 0.6) is 0 Å². The number of carbonyl (C=O) groups excluding carboxylic acids is 1. The number of aryl methyl sites for hydroxylation is 2. The molecule has 0 bridgehead atoms. The number of halogens is 2. The molecule has 0 fully saturated rings. The summed E-state index contributed by atoms with van der Waals surface area (Å²) in [4.78, 5) is 14.3. The van der Waals surface area contributed by atoms with E-state index in [1.54, 1.807) is 29.5 Å². The summed E-state index contributed by atoms with van der Waals surface area (Å²) < 4.78 is 0. The maximum Gasteiger partial charge on any atom is 0.186 e. The van der Waals surface area contributed by atoms with Crippen molar-refractivity contribution in [1.29, 1.82) is 0 Å². The van der Waals surface area contributed by atoms with Crippen LogP contribution in [0.4, 0.5) is 0 Å². The van der Waals surface area contributed by atoms with Gasteiger partial charge in [0.15, 0.2) is 5.78 Å². The lowest BCUT2D eigenvalue weighted by molar-refractivity contribution is 0.104. The van der Waals surface area contributed by atoms with Crippen molar-refractivity contribution in [1.82, 2.24) is 0 Å². The topological polar surface area (TPSA) is 17.1 Å². The molecule has 1 aromatic heterocycles. The molecule has 0 amide bonds. The third-order valence-electron chi connectivity index (χ3n) is 2.70. The third-order valence-corrected chi connectivity index (χ3v) is 4.50. The molecule has 98 valence electrons. The van der Waals surface area contributed by atoms with E-state index in [0.29, 0.717) is 10.0 Å². The second-order valence-electron chi connectivity index (χ2n) is 4.17. The van der Waals surface area contributed by atoms with Crippen LogP contribution in [-0.2, 0) is 0 Å². The van der Waals surface area contributed by atoms with Crippen LogP contribution in [0.3, 0.4) is 0 Å². The Morgan fingerprint density at radius 3 is 2.63 bits per heavy atom. The van der Waals surface area contributed by atoms with Gasteiger partial charge >= 0.3 is 0 Å². The first-order valence-electron chi connectivity index (χ1n) is 5.72. The van der Waals surface area contributed by atoms with Gasteiger partial charge in [-0.2, -0.15) is 0 Å². The molecule has 1 nitrogen and oxygen atoms in total. The van der Waals surface area contributed by atoms with Gasteiger partial charge in [-0.05, 0) is 43.7 Å². The summed E-state index contributed by atoms with van der Waals surface area (Å²) in [5.74, 6) is -0.0158. The molecule has 0 aliphatic heterocycles. The van der Waals surface area contributed by atoms with Crippen molar-refractivity contribution in [3.05, 3.63) is 61.3 Å². The van der Waals surface area contributed by atoms with Crippen molar-refractivity contribution in [3.63, 3.8) is 0 Å². The Hall–Kier alpha value is -1.09. The van der Waals surface area contributed by atoms with E-state index >= 15 is 0 Å². The van der Waals surface area contributed by atoms with Crippen LogP contribution >= 0.6 is 34.5 Å². The fraction of sp³-hybridized carbons (Fsp3) is 0.133. The molecule has 0 aliphatic carbocycles. The van der Waals surface area contributed by atoms with Gasteiger partial charge in [-0.1, -0.05) is 35.3 Å². The number of allylic oxidation sites excluding steroid dienone is 1. The van der Waals surface area contributed by atoms with E-state index < -0.39 is 0 Å². The molecular weight excluding hydrogens is 299 g/mol. The minimum absolute atomic E-state index is 0.0158. The highest BCUT2D eigenvalue weighted by atomic mass is 35.5. The highest BCUT2D eigenvalue weighted by molar-refractivity contribution is 7.12. The molecule has 1 aromatic carbocycles. The minimum Gasteiger partial charge on any atom is -0.289 e. The van der Waals surface area contributed by atoms with Crippen LogP contribution in [0.15, 0.2) is 30.3 Å². The zero-order valence-corrected chi connectivity index (χ0v) is 12.9. The van der Waals surface area contributed by atoms with E-state index in [-0.39, 0.29) is 5.78 Å². The second kappa shape index (κ2) is 5.91. The fourth-order valence-corrected chi connectivity index (χ4v) is 3.08. The molecule has 0 atom stereocenters. The normalized spacial score (nSPS) is 11.2. The fourth-order valence-electron chi connectivity index (χ4n) is 1.78. The molecule has 0 unspecified atom stereocenters. The largest absolute Gasteiger partial charge is 0.289 e. The van der Waals surface area contributed by atoms with Gasteiger partial charge in [-0.25, -0.2) is 0 Å². The molecule has 0 radical (unpaired) electrons. The molecular formula is C15H12Cl2OS. The maximum atomic E-state index is 12.1. The van der Waals surface area contributed by atoms with E-state index in [1.165, 1.54) is 6.08 Å². The van der Waals surface area contributed by atoms with Crippen LogP contribution < -0.4 is 0 Å². The first-order valence-corrected chi connectivity index (χ1v) is 7.29. The van der Waals surface area contributed by atoms with Crippen LogP contribution in [0.1, 0.15) is 25.7 Å². The zero-order valence-electron chi connectivity index (χ0n) is 10.5. The molecule has 2 aromatic rings. The summed E-state index contributed by atoms with van der Waals surface area (Å²) in [6.45, 7) is 3.94. The van der Waals surface area contributed by atoms with Crippen molar-refractivity contribution in [2.24, 2.45) is 0 Å². The van der Waals surface area contributed by atoms with Gasteiger partial charge in [0.25, 0.3) is 0 Å². The number of benzene rings is 1. The summed E-state index contributed by atoms with van der Waals surface area (Å²) in [5.41, 5.74) is 1.49. The number of hydrogen-bond acceptors (Lipinski definition) is 2. The highest BCUT2D eigenvalue weighted by Gasteiger charge is 2.09. The standard InChI is InChI=1S/C15H12Cl2OS/c1-9-8-12(10(2)19-9)14(18)7-6-11-4-3-5-13(16)15(11)17/h3-8H,1-2H3/b7-6+. The zero-order chi connectivity index (χ0) is 14.0. The predicted octanol–water partition coefficient (Wildman–Crippen LogP) is 5.57. The number of rotatable bonds is 3. The van der Waals surface area contributed by atoms with Gasteiger partial charge in [-0.15, -0.1) is 11.3 Å². The lowest BCUT2D eigenvalue weighted by Gasteiger charge is -1.99. The molecule has 0 saturated carbocycles. The summed E-state index contributed by atoms with van der Waals surface area (Å²) in [5, 5.41) is 0.949. The van der Waals surface area contributed by atoms with Crippen molar-refractivity contribution >= 4 is 46.4 Å². The summed E-state index contributed by atoms with van der Waals surface area (Å²) in [7, 11) is 0. The molecule has 19 heavy (non-hydrogen) atoms. The Morgan fingerprint density at radius 2 is 2.00 bits per heavy atom. The Balaban J connectivity index is 2.26. The van der Waals surface area contributed by atoms with Gasteiger partial charge in [0.2, 0.25) is 0 Å². The van der Waals surface area contributed by atoms with E-state index in [9.17, 15) is 4.79 Å². The molecule has 2 rings (SSSR count). The van der Waals surface area contributed by atoms with Gasteiger partial charge in [-0.3, -0.25) is 4.79 Å². The number of carbonyl (C=O) groups is 1. The van der Waals surface area contributed by atoms with Crippen LogP contribution in [0.25, 0.3) is 6.08 Å².